The van der Waals surface area contributed by atoms with Crippen LogP contribution in [0.3, 0.4) is 0 Å². The number of anilines is 1. The Balaban J connectivity index is 1.80. The predicted octanol–water partition coefficient (Wildman–Crippen LogP) is 2.99. The smallest absolute Gasteiger partial charge is 0.158 e. The van der Waals surface area contributed by atoms with Gasteiger partial charge in [-0.2, -0.15) is 0 Å². The number of hydrogen-bond acceptors (Lipinski definition) is 6. The Morgan fingerprint density at radius 1 is 1.33 bits per heavy atom. The largest absolute Gasteiger partial charge is 0.399 e. The van der Waals surface area contributed by atoms with E-state index in [-0.39, 0.29) is 6.29 Å². The second-order valence-electron chi connectivity index (χ2n) is 7.00. The Kier molecular flexibility index (Phi) is 5.06. The zero-order valence-electron chi connectivity index (χ0n) is 15.0. The summed E-state index contributed by atoms with van der Waals surface area (Å²) in [7, 11) is 1.58. The second kappa shape index (κ2) is 7.07. The Morgan fingerprint density at radius 3 is 2.79 bits per heavy atom. The second-order valence-corrected chi connectivity index (χ2v) is 7.00. The van der Waals surface area contributed by atoms with Gasteiger partial charge in [0.2, 0.25) is 0 Å². The van der Waals surface area contributed by atoms with Crippen molar-refractivity contribution in [2.75, 3.05) is 31.7 Å². The van der Waals surface area contributed by atoms with E-state index in [4.69, 9.17) is 14.3 Å². The van der Waals surface area contributed by atoms with Crippen molar-refractivity contribution in [2.24, 2.45) is 5.16 Å². The molecule has 3 heterocycles. The van der Waals surface area contributed by atoms with Gasteiger partial charge < -0.3 is 19.2 Å². The summed E-state index contributed by atoms with van der Waals surface area (Å²) in [6.45, 7) is 8.51. The molecule has 0 saturated carbocycles. The van der Waals surface area contributed by atoms with Crippen LogP contribution in [0.15, 0.2) is 17.4 Å². The van der Waals surface area contributed by atoms with Crippen molar-refractivity contribution in [1.82, 2.24) is 4.98 Å². The van der Waals surface area contributed by atoms with E-state index in [1.54, 1.807) is 7.11 Å². The van der Waals surface area contributed by atoms with Crippen molar-refractivity contribution in [3.63, 3.8) is 0 Å². The number of pyridine rings is 1. The molecule has 6 heteroatoms. The van der Waals surface area contributed by atoms with Gasteiger partial charge >= 0.3 is 0 Å². The van der Waals surface area contributed by atoms with E-state index in [0.29, 0.717) is 0 Å². The van der Waals surface area contributed by atoms with E-state index in [1.165, 1.54) is 0 Å². The highest BCUT2D eigenvalue weighted by molar-refractivity contribution is 5.99. The van der Waals surface area contributed by atoms with Gasteiger partial charge in [-0.05, 0) is 51.7 Å². The van der Waals surface area contributed by atoms with Gasteiger partial charge in [0.1, 0.15) is 12.9 Å². The van der Waals surface area contributed by atoms with Crippen molar-refractivity contribution in [3.8, 4) is 0 Å². The van der Waals surface area contributed by atoms with Gasteiger partial charge in [-0.1, -0.05) is 5.16 Å². The number of nitrogens with zero attached hydrogens (tertiary/aromatic N) is 3. The van der Waals surface area contributed by atoms with Crippen LogP contribution < -0.4 is 4.90 Å². The minimum atomic E-state index is -0.468. The number of oxime groups is 1. The maximum atomic E-state index is 6.31. The lowest BCUT2D eigenvalue weighted by Gasteiger charge is -2.39. The van der Waals surface area contributed by atoms with Crippen LogP contribution in [0.1, 0.15) is 44.2 Å². The van der Waals surface area contributed by atoms with Gasteiger partial charge in [-0.15, -0.1) is 0 Å². The lowest BCUT2D eigenvalue weighted by Crippen LogP contribution is -2.49. The highest BCUT2D eigenvalue weighted by Crippen LogP contribution is 2.36. The summed E-state index contributed by atoms with van der Waals surface area (Å²) in [5, 5.41) is 4.00. The van der Waals surface area contributed by atoms with Crippen molar-refractivity contribution >= 4 is 11.5 Å². The van der Waals surface area contributed by atoms with Gasteiger partial charge in [-0.3, -0.25) is 0 Å². The molecular weight excluding hydrogens is 306 g/mol. The van der Waals surface area contributed by atoms with Crippen LogP contribution in [0, 0.1) is 6.92 Å². The molecule has 2 saturated heterocycles. The third-order valence-electron chi connectivity index (χ3n) is 4.48. The molecule has 2 fully saturated rings. The minimum Gasteiger partial charge on any atom is -0.399 e. The van der Waals surface area contributed by atoms with Gasteiger partial charge in [-0.25, -0.2) is 4.98 Å². The lowest BCUT2D eigenvalue weighted by atomic mass is 9.95. The fourth-order valence-electron chi connectivity index (χ4n) is 3.18. The highest BCUT2D eigenvalue weighted by Gasteiger charge is 2.34. The summed E-state index contributed by atoms with van der Waals surface area (Å²) >= 11 is 0. The first-order valence-corrected chi connectivity index (χ1v) is 8.60. The molecule has 1 aromatic heterocycles. The van der Waals surface area contributed by atoms with Crippen LogP contribution in [-0.2, 0) is 19.9 Å². The Hall–Kier alpha value is -1.66. The first-order chi connectivity index (χ1) is 11.5. The molecule has 0 aromatic carbocycles. The van der Waals surface area contributed by atoms with E-state index >= 15 is 0 Å². The van der Waals surface area contributed by atoms with Crippen LogP contribution in [0.25, 0.3) is 0 Å². The molecule has 2 aliphatic rings. The molecule has 0 N–H and O–H groups in total. The number of ether oxygens (including phenoxy) is 2. The summed E-state index contributed by atoms with van der Waals surface area (Å²) in [6.07, 6.45) is 4.99. The zero-order chi connectivity index (χ0) is 17.2. The number of hydrogen-bond donors (Lipinski definition) is 0. The monoisotopic (exact) mass is 333 g/mol. The Labute approximate surface area is 143 Å². The average molecular weight is 333 g/mol. The number of aryl methyl sites for hydroxylation is 1. The van der Waals surface area contributed by atoms with Crippen LogP contribution in [-0.4, -0.2) is 43.8 Å². The van der Waals surface area contributed by atoms with E-state index in [1.807, 2.05) is 6.20 Å². The van der Waals surface area contributed by atoms with E-state index in [2.05, 4.69) is 41.9 Å². The summed E-state index contributed by atoms with van der Waals surface area (Å²) < 4.78 is 12.1. The van der Waals surface area contributed by atoms with Gasteiger partial charge in [0.15, 0.2) is 6.29 Å². The average Bonchev–Trinajstić information content (AvgIpc) is 2.51. The third-order valence-corrected chi connectivity index (χ3v) is 4.48. The van der Waals surface area contributed by atoms with Crippen LogP contribution in [0.2, 0.25) is 0 Å². The van der Waals surface area contributed by atoms with Crippen LogP contribution in [0.5, 0.6) is 0 Å². The topological polar surface area (TPSA) is 56.2 Å². The molecular formula is C18H27N3O3. The summed E-state index contributed by atoms with van der Waals surface area (Å²) in [5.74, 6) is 0.955. The minimum absolute atomic E-state index is 0.135. The molecule has 6 nitrogen and oxygen atoms in total. The first-order valence-electron chi connectivity index (χ1n) is 8.60. The van der Waals surface area contributed by atoms with Gasteiger partial charge in [0.05, 0.1) is 24.4 Å². The van der Waals surface area contributed by atoms with E-state index in [9.17, 15) is 0 Å². The van der Waals surface area contributed by atoms with Crippen molar-refractivity contribution in [3.05, 3.63) is 23.4 Å². The molecule has 0 amide bonds. The lowest BCUT2D eigenvalue weighted by molar-refractivity contribution is -0.218. The predicted molar refractivity (Wildman–Crippen MR) is 93.3 cm³/mol. The SMILES string of the molecule is CON=C1CN(c2ncc(C)cc2C(C)(C)OC2CCCCO2)C1. The molecule has 1 aromatic rings. The Morgan fingerprint density at radius 2 is 2.12 bits per heavy atom. The summed E-state index contributed by atoms with van der Waals surface area (Å²) in [5.41, 5.74) is 2.78. The third kappa shape index (κ3) is 3.70. The molecule has 3 rings (SSSR count). The standard InChI is InChI=1S/C18H27N3O3/c1-13-9-15(18(2,3)24-16-7-5-6-8-23-16)17(19-10-13)21-11-14(12-21)20-22-4/h9-10,16H,5-8,11-12H2,1-4H3. The molecule has 2 aliphatic heterocycles. The van der Waals surface area contributed by atoms with E-state index < -0.39 is 5.60 Å². The molecule has 132 valence electrons. The van der Waals surface area contributed by atoms with Crippen molar-refractivity contribution in [1.29, 1.82) is 0 Å². The number of rotatable bonds is 5. The highest BCUT2D eigenvalue weighted by atomic mass is 16.7. The van der Waals surface area contributed by atoms with Crippen LogP contribution >= 0.6 is 0 Å². The van der Waals surface area contributed by atoms with Gasteiger partial charge in [0.25, 0.3) is 0 Å². The quantitative estimate of drug-likeness (QED) is 0.775. The van der Waals surface area contributed by atoms with E-state index in [0.717, 1.165) is 61.6 Å². The molecule has 0 bridgehead atoms. The molecule has 0 spiro atoms. The first kappa shape index (κ1) is 17.2. The fourth-order valence-corrected chi connectivity index (χ4v) is 3.18. The normalized spacial score (nSPS) is 21.4. The molecule has 24 heavy (non-hydrogen) atoms. The Bertz CT molecular complexity index is 602. The zero-order valence-corrected chi connectivity index (χ0v) is 15.0. The van der Waals surface area contributed by atoms with Crippen LogP contribution in [0.4, 0.5) is 5.82 Å². The van der Waals surface area contributed by atoms with Crippen molar-refractivity contribution in [2.45, 2.75) is 51.9 Å². The number of aromatic nitrogens is 1. The maximum Gasteiger partial charge on any atom is 0.158 e. The fraction of sp³-hybridized carbons (Fsp3) is 0.667. The summed E-state index contributed by atoms with van der Waals surface area (Å²) in [6, 6.07) is 2.16. The summed E-state index contributed by atoms with van der Waals surface area (Å²) in [4.78, 5) is 11.7. The molecule has 0 radical (unpaired) electrons. The molecule has 1 unspecified atom stereocenters. The molecule has 1 atom stereocenters. The maximum absolute atomic E-state index is 6.31. The van der Waals surface area contributed by atoms with Crippen molar-refractivity contribution < 1.29 is 14.3 Å². The van der Waals surface area contributed by atoms with Gasteiger partial charge in [0, 0.05) is 18.4 Å². The molecule has 0 aliphatic carbocycles.